The number of halogens is 2. The molecule has 5 rings (SSSR count). The van der Waals surface area contributed by atoms with Gasteiger partial charge in [-0.3, -0.25) is 34.5 Å². The van der Waals surface area contributed by atoms with Crippen LogP contribution in [0.15, 0.2) is 48.7 Å². The van der Waals surface area contributed by atoms with Crippen LogP contribution >= 0.6 is 23.2 Å². The van der Waals surface area contributed by atoms with Gasteiger partial charge >= 0.3 is 0 Å². The second-order valence-electron chi connectivity index (χ2n) is 10.1. The van der Waals surface area contributed by atoms with E-state index in [1.165, 1.54) is 6.20 Å². The minimum absolute atomic E-state index is 0.0378. The van der Waals surface area contributed by atoms with Crippen LogP contribution in [-0.4, -0.2) is 63.9 Å². The number of rotatable bonds is 8. The van der Waals surface area contributed by atoms with E-state index in [9.17, 15) is 19.2 Å². The topological polar surface area (TPSA) is 148 Å². The van der Waals surface area contributed by atoms with Crippen LogP contribution in [0.5, 0.6) is 0 Å². The maximum absolute atomic E-state index is 13.0. The van der Waals surface area contributed by atoms with E-state index in [0.29, 0.717) is 12.8 Å². The van der Waals surface area contributed by atoms with Gasteiger partial charge in [-0.2, -0.15) is 5.10 Å². The second kappa shape index (κ2) is 12.7. The van der Waals surface area contributed by atoms with Crippen LogP contribution in [0.25, 0.3) is 0 Å². The molecule has 41 heavy (non-hydrogen) atoms. The van der Waals surface area contributed by atoms with Crippen molar-refractivity contribution in [3.05, 3.63) is 75.5 Å². The number of nitrogens with one attached hydrogen (secondary N) is 5. The van der Waals surface area contributed by atoms with Crippen LogP contribution < -0.4 is 21.3 Å². The number of piperidine rings is 2. The van der Waals surface area contributed by atoms with E-state index in [1.807, 2.05) is 24.3 Å². The quantitative estimate of drug-likeness (QED) is 0.249. The van der Waals surface area contributed by atoms with E-state index < -0.39 is 11.9 Å². The lowest BCUT2D eigenvalue weighted by atomic mass is 10.0. The van der Waals surface area contributed by atoms with Gasteiger partial charge in [0.2, 0.25) is 11.8 Å². The monoisotopic (exact) mass is 597 g/mol. The molecule has 13 heteroatoms. The highest BCUT2D eigenvalue weighted by Crippen LogP contribution is 2.26. The Hall–Kier alpha value is -3.93. The third-order valence-electron chi connectivity index (χ3n) is 7.14. The third kappa shape index (κ3) is 7.05. The number of nitrogens with zero attached hydrogens (tertiary/aromatic N) is 2. The van der Waals surface area contributed by atoms with Gasteiger partial charge < -0.3 is 16.0 Å². The maximum Gasteiger partial charge on any atom is 0.271 e. The Bertz CT molecular complexity index is 1450. The molecule has 2 aliphatic heterocycles. The van der Waals surface area contributed by atoms with Crippen LogP contribution in [0.3, 0.4) is 0 Å². The molecule has 11 nitrogen and oxygen atoms in total. The zero-order valence-corrected chi connectivity index (χ0v) is 23.5. The number of carbonyl (C=O) groups is 4. The number of carbonyl (C=O) groups excluding carboxylic acids is 4. The number of hydrogen-bond acceptors (Lipinski definition) is 7. The Morgan fingerprint density at radius 2 is 1.73 bits per heavy atom. The summed E-state index contributed by atoms with van der Waals surface area (Å²) in [5, 5.41) is 18.3. The summed E-state index contributed by atoms with van der Waals surface area (Å²) in [6.07, 6.45) is 3.66. The molecule has 0 saturated carbocycles. The van der Waals surface area contributed by atoms with Crippen molar-refractivity contribution in [2.75, 3.05) is 23.7 Å². The first-order valence-corrected chi connectivity index (χ1v) is 14.0. The van der Waals surface area contributed by atoms with E-state index >= 15 is 0 Å². The van der Waals surface area contributed by atoms with Gasteiger partial charge in [0, 0.05) is 37.8 Å². The number of benzene rings is 2. The molecule has 1 aromatic heterocycles. The summed E-state index contributed by atoms with van der Waals surface area (Å²) in [6, 6.07) is 12.2. The predicted molar refractivity (Wildman–Crippen MR) is 155 cm³/mol. The Balaban J connectivity index is 1.11. The molecule has 0 bridgehead atoms. The minimum atomic E-state index is -0.541. The van der Waals surface area contributed by atoms with Gasteiger partial charge in [0.1, 0.15) is 11.7 Å². The van der Waals surface area contributed by atoms with Crippen molar-refractivity contribution in [2.24, 2.45) is 0 Å². The zero-order chi connectivity index (χ0) is 28.9. The number of aromatic nitrogens is 2. The van der Waals surface area contributed by atoms with Gasteiger partial charge in [-0.1, -0.05) is 41.4 Å². The smallest absolute Gasteiger partial charge is 0.271 e. The highest BCUT2D eigenvalue weighted by Gasteiger charge is 2.27. The van der Waals surface area contributed by atoms with Crippen molar-refractivity contribution in [3.63, 3.8) is 0 Å². The minimum Gasteiger partial charge on any atom is -0.374 e. The molecule has 0 aliphatic carbocycles. The van der Waals surface area contributed by atoms with E-state index in [-0.39, 0.29) is 50.8 Å². The van der Waals surface area contributed by atoms with E-state index in [4.69, 9.17) is 23.2 Å². The highest BCUT2D eigenvalue weighted by atomic mass is 35.5. The fraction of sp³-hybridized carbons (Fsp3) is 0.321. The molecule has 3 heterocycles. The zero-order valence-electron chi connectivity index (χ0n) is 22.0. The van der Waals surface area contributed by atoms with Crippen LogP contribution in [0.4, 0.5) is 11.4 Å². The van der Waals surface area contributed by atoms with Crippen LogP contribution in [0, 0.1) is 0 Å². The average Bonchev–Trinajstić information content (AvgIpc) is 3.40. The van der Waals surface area contributed by atoms with Gasteiger partial charge in [0.05, 0.1) is 27.5 Å². The summed E-state index contributed by atoms with van der Waals surface area (Å²) in [4.78, 5) is 51.5. The van der Waals surface area contributed by atoms with Gasteiger partial charge in [-0.25, -0.2) is 0 Å². The molecule has 4 amide bonds. The average molecular weight is 598 g/mol. The van der Waals surface area contributed by atoms with Crippen molar-refractivity contribution < 1.29 is 19.2 Å². The number of imide groups is 1. The van der Waals surface area contributed by atoms with Crippen LogP contribution in [0.2, 0.25) is 10.0 Å². The van der Waals surface area contributed by atoms with E-state index in [2.05, 4.69) is 36.4 Å². The summed E-state index contributed by atoms with van der Waals surface area (Å²) >= 11 is 12.3. The first kappa shape index (κ1) is 28.6. The third-order valence-corrected chi connectivity index (χ3v) is 7.77. The molecule has 2 aliphatic rings. The van der Waals surface area contributed by atoms with Gasteiger partial charge in [0.25, 0.3) is 11.8 Å². The Morgan fingerprint density at radius 1 is 1.00 bits per heavy atom. The summed E-state index contributed by atoms with van der Waals surface area (Å²) in [6.45, 7) is 2.30. The van der Waals surface area contributed by atoms with Gasteiger partial charge in [-0.05, 0) is 49.1 Å². The predicted octanol–water partition coefficient (Wildman–Crippen LogP) is 3.58. The van der Waals surface area contributed by atoms with E-state index in [1.54, 1.807) is 18.2 Å². The summed E-state index contributed by atoms with van der Waals surface area (Å²) in [5.41, 5.74) is 2.42. The first-order chi connectivity index (χ1) is 19.8. The number of amides is 4. The molecule has 0 radical (unpaired) electrons. The highest BCUT2D eigenvalue weighted by molar-refractivity contribution is 6.40. The SMILES string of the molecule is O=C1CCC(Nc2cccc(CN3CCC(NC(=O)c4[nH]ncc4NC(=O)c4c(Cl)cccc4Cl)CC3)c2)C(=O)N1. The van der Waals surface area contributed by atoms with Crippen LogP contribution in [0.1, 0.15) is 52.1 Å². The summed E-state index contributed by atoms with van der Waals surface area (Å²) in [5.74, 6) is -1.45. The molecule has 214 valence electrons. The molecule has 3 aromatic rings. The van der Waals surface area contributed by atoms with Crippen molar-refractivity contribution in [2.45, 2.75) is 44.3 Å². The molecule has 2 aromatic carbocycles. The number of aromatic amines is 1. The first-order valence-electron chi connectivity index (χ1n) is 13.3. The fourth-order valence-electron chi connectivity index (χ4n) is 5.00. The lowest BCUT2D eigenvalue weighted by molar-refractivity contribution is -0.133. The van der Waals surface area contributed by atoms with Crippen molar-refractivity contribution in [1.29, 1.82) is 0 Å². The molecule has 0 spiro atoms. The van der Waals surface area contributed by atoms with Gasteiger partial charge in [-0.15, -0.1) is 0 Å². The molecular formula is C28H29Cl2N7O4. The Morgan fingerprint density at radius 3 is 2.46 bits per heavy atom. The molecule has 5 N–H and O–H groups in total. The lowest BCUT2D eigenvalue weighted by Gasteiger charge is -2.32. The Labute approximate surface area is 246 Å². The molecular weight excluding hydrogens is 569 g/mol. The van der Waals surface area contributed by atoms with Crippen molar-refractivity contribution in [3.8, 4) is 0 Å². The Kier molecular flexibility index (Phi) is 8.87. The molecule has 2 saturated heterocycles. The normalized spacial score (nSPS) is 18.0. The standard InChI is InChI=1S/C28H29Cl2N7O4/c29-19-5-2-6-20(30)24(19)27(40)34-22-14-31-36-25(22)28(41)33-17-9-11-37(12-10-17)15-16-3-1-4-18(13-16)32-21-7-8-23(38)35-26(21)39/h1-6,13-14,17,21,32H,7-12,15H2,(H,31,36)(H,33,41)(H,34,40)(H,35,38,39). The second-order valence-corrected chi connectivity index (χ2v) is 10.9. The number of hydrogen-bond donors (Lipinski definition) is 5. The lowest BCUT2D eigenvalue weighted by Crippen LogP contribution is -2.47. The van der Waals surface area contributed by atoms with Crippen molar-refractivity contribution >= 4 is 58.2 Å². The summed E-state index contributed by atoms with van der Waals surface area (Å²) < 4.78 is 0. The van der Waals surface area contributed by atoms with E-state index in [0.717, 1.165) is 43.7 Å². The number of anilines is 2. The number of likely N-dealkylation sites (tertiary alicyclic amines) is 1. The maximum atomic E-state index is 13.0. The van der Waals surface area contributed by atoms with Crippen molar-refractivity contribution in [1.82, 2.24) is 25.7 Å². The fourth-order valence-corrected chi connectivity index (χ4v) is 5.57. The molecule has 2 fully saturated rings. The molecule has 1 atom stereocenters. The van der Waals surface area contributed by atoms with Gasteiger partial charge in [0.15, 0.2) is 0 Å². The van der Waals surface area contributed by atoms with Crippen LogP contribution in [-0.2, 0) is 16.1 Å². The summed E-state index contributed by atoms with van der Waals surface area (Å²) in [7, 11) is 0. The molecule has 1 unspecified atom stereocenters. The number of H-pyrrole nitrogens is 1. The largest absolute Gasteiger partial charge is 0.374 e.